The molecule has 19 heavy (non-hydrogen) atoms. The molecule has 1 unspecified atom stereocenters. The molecule has 2 amide bonds. The van der Waals surface area contributed by atoms with Gasteiger partial charge in [0.15, 0.2) is 0 Å². The molecule has 0 bridgehead atoms. The monoisotopic (exact) mass is 259 g/mol. The van der Waals surface area contributed by atoms with Crippen molar-refractivity contribution in [2.24, 2.45) is 0 Å². The fourth-order valence-corrected chi connectivity index (χ4v) is 2.45. The molecule has 2 heterocycles. The van der Waals surface area contributed by atoms with E-state index in [0.29, 0.717) is 24.3 Å². The van der Waals surface area contributed by atoms with Gasteiger partial charge in [-0.2, -0.15) is 0 Å². The van der Waals surface area contributed by atoms with E-state index >= 15 is 0 Å². The van der Waals surface area contributed by atoms with Crippen LogP contribution in [0.4, 0.5) is 11.4 Å². The van der Waals surface area contributed by atoms with E-state index in [0.717, 1.165) is 5.69 Å². The third kappa shape index (κ3) is 1.76. The highest BCUT2D eigenvalue weighted by Crippen LogP contribution is 2.29. The molecule has 6 heteroatoms. The molecule has 0 saturated carbocycles. The molecule has 0 radical (unpaired) electrons. The van der Waals surface area contributed by atoms with Crippen LogP contribution < -0.4 is 15.5 Å². The summed E-state index contributed by atoms with van der Waals surface area (Å²) in [7, 11) is 0. The number of anilines is 2. The summed E-state index contributed by atoms with van der Waals surface area (Å²) in [5.41, 5.74) is 1.74. The van der Waals surface area contributed by atoms with Crippen LogP contribution in [0.2, 0.25) is 0 Å². The average molecular weight is 259 g/mol. The summed E-state index contributed by atoms with van der Waals surface area (Å²) in [4.78, 5) is 36.4. The van der Waals surface area contributed by atoms with Gasteiger partial charge < -0.3 is 15.5 Å². The molecule has 0 aliphatic carbocycles. The first-order valence-corrected chi connectivity index (χ1v) is 6.12. The number of amides is 2. The van der Waals surface area contributed by atoms with Crippen molar-refractivity contribution in [3.63, 3.8) is 0 Å². The minimum Gasteiger partial charge on any atom is -0.358 e. The Labute approximate surface area is 109 Å². The lowest BCUT2D eigenvalue weighted by Crippen LogP contribution is -2.54. The van der Waals surface area contributed by atoms with Crippen molar-refractivity contribution in [3.8, 4) is 0 Å². The Kier molecular flexibility index (Phi) is 2.51. The van der Waals surface area contributed by atoms with Crippen LogP contribution in [0, 0.1) is 0 Å². The van der Waals surface area contributed by atoms with Crippen LogP contribution in [0.1, 0.15) is 17.3 Å². The van der Waals surface area contributed by atoms with E-state index in [1.165, 1.54) is 0 Å². The van der Waals surface area contributed by atoms with Crippen molar-refractivity contribution in [1.29, 1.82) is 0 Å². The van der Waals surface area contributed by atoms with Gasteiger partial charge in [0.2, 0.25) is 5.91 Å². The van der Waals surface area contributed by atoms with E-state index in [4.69, 9.17) is 0 Å². The van der Waals surface area contributed by atoms with E-state index in [1.807, 2.05) is 11.8 Å². The van der Waals surface area contributed by atoms with Crippen molar-refractivity contribution >= 4 is 29.0 Å². The summed E-state index contributed by atoms with van der Waals surface area (Å²) < 4.78 is 0. The fraction of sp³-hybridized carbons (Fsp3) is 0.308. The second-order valence-electron chi connectivity index (χ2n) is 4.67. The van der Waals surface area contributed by atoms with E-state index in [-0.39, 0.29) is 11.9 Å². The third-order valence-corrected chi connectivity index (χ3v) is 3.53. The first kappa shape index (κ1) is 11.7. The first-order valence-electron chi connectivity index (χ1n) is 6.12. The topological polar surface area (TPSA) is 78.5 Å². The van der Waals surface area contributed by atoms with Crippen molar-refractivity contribution in [2.75, 3.05) is 23.3 Å². The van der Waals surface area contributed by atoms with Crippen LogP contribution in [0.15, 0.2) is 18.2 Å². The number of piperazine rings is 1. The number of hydrogen-bond acceptors (Lipinski definition) is 4. The van der Waals surface area contributed by atoms with Gasteiger partial charge in [0, 0.05) is 18.8 Å². The molecule has 2 aliphatic heterocycles. The predicted molar refractivity (Wildman–Crippen MR) is 69.2 cm³/mol. The Bertz CT molecular complexity index is 597. The molecule has 0 aromatic heterocycles. The number of ketones is 1. The Morgan fingerprint density at radius 3 is 2.84 bits per heavy atom. The van der Waals surface area contributed by atoms with Crippen LogP contribution in [0.5, 0.6) is 0 Å². The van der Waals surface area contributed by atoms with E-state index in [1.54, 1.807) is 18.2 Å². The average Bonchev–Trinajstić information content (AvgIpc) is 2.68. The summed E-state index contributed by atoms with van der Waals surface area (Å²) in [5, 5.41) is 5.33. The van der Waals surface area contributed by atoms with Crippen molar-refractivity contribution in [3.05, 3.63) is 23.8 Å². The van der Waals surface area contributed by atoms with Gasteiger partial charge in [-0.1, -0.05) is 0 Å². The maximum absolute atomic E-state index is 11.6. The SMILES string of the molecule is CC1C(=O)NCCN1c1ccc2c(c1)NC(=O)C2=O. The molecule has 1 atom stereocenters. The first-order chi connectivity index (χ1) is 9.08. The van der Waals surface area contributed by atoms with E-state index in [9.17, 15) is 14.4 Å². The molecule has 2 N–H and O–H groups in total. The summed E-state index contributed by atoms with van der Waals surface area (Å²) in [6.07, 6.45) is 0. The lowest BCUT2D eigenvalue weighted by Gasteiger charge is -2.34. The Morgan fingerprint density at radius 1 is 1.26 bits per heavy atom. The van der Waals surface area contributed by atoms with Gasteiger partial charge in [0.25, 0.3) is 11.7 Å². The smallest absolute Gasteiger partial charge is 0.296 e. The molecule has 1 aromatic carbocycles. The summed E-state index contributed by atoms with van der Waals surface area (Å²) in [6, 6.07) is 4.88. The van der Waals surface area contributed by atoms with Gasteiger partial charge in [-0.15, -0.1) is 0 Å². The lowest BCUT2D eigenvalue weighted by atomic mass is 10.1. The molecule has 0 spiro atoms. The fourth-order valence-electron chi connectivity index (χ4n) is 2.45. The number of rotatable bonds is 1. The molecular formula is C13H13N3O3. The van der Waals surface area contributed by atoms with Gasteiger partial charge in [0.05, 0.1) is 11.3 Å². The number of nitrogens with zero attached hydrogens (tertiary/aromatic N) is 1. The molecule has 3 rings (SSSR count). The largest absolute Gasteiger partial charge is 0.358 e. The van der Waals surface area contributed by atoms with Crippen molar-refractivity contribution < 1.29 is 14.4 Å². The maximum atomic E-state index is 11.6. The Hall–Kier alpha value is -2.37. The minimum atomic E-state index is -0.600. The number of nitrogens with one attached hydrogen (secondary N) is 2. The zero-order valence-corrected chi connectivity index (χ0v) is 10.4. The molecule has 1 saturated heterocycles. The molecular weight excluding hydrogens is 246 g/mol. The second-order valence-corrected chi connectivity index (χ2v) is 4.67. The van der Waals surface area contributed by atoms with Crippen LogP contribution in [-0.2, 0) is 9.59 Å². The molecule has 1 aromatic rings. The zero-order chi connectivity index (χ0) is 13.6. The van der Waals surface area contributed by atoms with Crippen molar-refractivity contribution in [2.45, 2.75) is 13.0 Å². The number of fused-ring (bicyclic) bond motifs is 1. The normalized spacial score (nSPS) is 22.1. The van der Waals surface area contributed by atoms with Gasteiger partial charge >= 0.3 is 0 Å². The van der Waals surface area contributed by atoms with Gasteiger partial charge in [-0.05, 0) is 25.1 Å². The molecule has 98 valence electrons. The third-order valence-electron chi connectivity index (χ3n) is 3.53. The minimum absolute atomic E-state index is 0.0214. The Morgan fingerprint density at radius 2 is 2.05 bits per heavy atom. The Balaban J connectivity index is 1.95. The quantitative estimate of drug-likeness (QED) is 0.703. The second kappa shape index (κ2) is 4.08. The van der Waals surface area contributed by atoms with Gasteiger partial charge in [-0.3, -0.25) is 14.4 Å². The molecule has 6 nitrogen and oxygen atoms in total. The molecule has 1 fully saturated rings. The summed E-state index contributed by atoms with van der Waals surface area (Å²) in [5.74, 6) is -1.13. The highest BCUT2D eigenvalue weighted by molar-refractivity contribution is 6.51. The zero-order valence-electron chi connectivity index (χ0n) is 10.4. The van der Waals surface area contributed by atoms with Gasteiger partial charge in [-0.25, -0.2) is 0 Å². The number of Topliss-reactive ketones (excluding diaryl/α,β-unsaturated/α-hetero) is 1. The summed E-state index contributed by atoms with van der Waals surface area (Å²) >= 11 is 0. The maximum Gasteiger partial charge on any atom is 0.296 e. The predicted octanol–water partition coefficient (Wildman–Crippen LogP) is 0.146. The highest BCUT2D eigenvalue weighted by Gasteiger charge is 2.30. The van der Waals surface area contributed by atoms with Crippen LogP contribution >= 0.6 is 0 Å². The number of benzene rings is 1. The molecule has 2 aliphatic rings. The number of carbonyl (C=O) groups excluding carboxylic acids is 3. The standard InChI is InChI=1S/C13H13N3O3/c1-7-12(18)14-4-5-16(7)8-2-3-9-10(6-8)15-13(19)11(9)17/h2-3,6-7H,4-5H2,1H3,(H,14,18)(H,15,17,19). The summed E-state index contributed by atoms with van der Waals surface area (Å²) in [6.45, 7) is 3.12. The number of carbonyl (C=O) groups is 3. The number of hydrogen-bond donors (Lipinski definition) is 2. The lowest BCUT2D eigenvalue weighted by molar-refractivity contribution is -0.122. The van der Waals surface area contributed by atoms with Crippen molar-refractivity contribution in [1.82, 2.24) is 5.32 Å². The highest BCUT2D eigenvalue weighted by atomic mass is 16.2. The van der Waals surface area contributed by atoms with E-state index < -0.39 is 11.7 Å². The van der Waals surface area contributed by atoms with Gasteiger partial charge in [0.1, 0.15) is 6.04 Å². The van der Waals surface area contributed by atoms with Crippen LogP contribution in [0.25, 0.3) is 0 Å². The van der Waals surface area contributed by atoms with Crippen LogP contribution in [0.3, 0.4) is 0 Å². The van der Waals surface area contributed by atoms with E-state index in [2.05, 4.69) is 10.6 Å². The van der Waals surface area contributed by atoms with Crippen LogP contribution in [-0.4, -0.2) is 36.7 Å².